The molecule has 1 N–H and O–H groups in total. The van der Waals surface area contributed by atoms with Crippen LogP contribution in [0.15, 0.2) is 24.5 Å². The van der Waals surface area contributed by atoms with Crippen molar-refractivity contribution in [1.29, 1.82) is 0 Å². The second kappa shape index (κ2) is 4.19. The highest BCUT2D eigenvalue weighted by molar-refractivity contribution is 6.00. The van der Waals surface area contributed by atoms with E-state index in [0.29, 0.717) is 17.0 Å². The first-order valence-electron chi connectivity index (χ1n) is 4.68. The van der Waals surface area contributed by atoms with Crippen LogP contribution in [0.1, 0.15) is 10.5 Å². The first-order valence-corrected chi connectivity index (χ1v) is 4.68. The molecule has 0 amide bonds. The van der Waals surface area contributed by atoms with Gasteiger partial charge in [0.1, 0.15) is 12.3 Å². The molecule has 0 fully saturated rings. The molecule has 0 aliphatic rings. The van der Waals surface area contributed by atoms with Gasteiger partial charge in [0.2, 0.25) is 5.78 Å². The highest BCUT2D eigenvalue weighted by Gasteiger charge is 2.17. The van der Waals surface area contributed by atoms with E-state index in [4.69, 9.17) is 5.11 Å². The lowest BCUT2D eigenvalue weighted by atomic mass is 10.1. The van der Waals surface area contributed by atoms with Gasteiger partial charge in [0.15, 0.2) is 0 Å². The number of Topliss-reactive ketones (excluding diaryl/α,β-unsaturated/α-hetero) is 1. The van der Waals surface area contributed by atoms with Crippen molar-refractivity contribution in [2.75, 3.05) is 6.61 Å². The van der Waals surface area contributed by atoms with Crippen LogP contribution in [0.2, 0.25) is 0 Å². The summed E-state index contributed by atoms with van der Waals surface area (Å²) in [4.78, 5) is 11.5. The molecule has 0 aromatic carbocycles. The zero-order valence-electron chi connectivity index (χ0n) is 8.66. The van der Waals surface area contributed by atoms with Gasteiger partial charge in [-0.25, -0.2) is 0 Å². The van der Waals surface area contributed by atoms with Crippen molar-refractivity contribution in [2.24, 2.45) is 7.05 Å². The fraction of sp³-hybridized carbons (Fsp3) is 0.200. The molecular weight excluding hydrogens is 208 g/mol. The van der Waals surface area contributed by atoms with E-state index in [1.807, 2.05) is 0 Å². The van der Waals surface area contributed by atoms with Crippen LogP contribution >= 0.6 is 0 Å². The number of aryl methyl sites for hydroxylation is 1. The molecule has 2 rings (SSSR count). The monoisotopic (exact) mass is 218 g/mol. The van der Waals surface area contributed by atoms with Crippen molar-refractivity contribution in [3.63, 3.8) is 0 Å². The minimum atomic E-state index is -0.549. The van der Waals surface area contributed by atoms with Gasteiger partial charge in [-0.05, 0) is 12.1 Å². The molecule has 0 aliphatic heterocycles. The molecule has 6 heteroatoms. The molecule has 2 aromatic heterocycles. The van der Waals surface area contributed by atoms with Crippen LogP contribution in [-0.2, 0) is 7.05 Å². The molecule has 2 aromatic rings. The summed E-state index contributed by atoms with van der Waals surface area (Å²) < 4.78 is 1.42. The van der Waals surface area contributed by atoms with Gasteiger partial charge in [0, 0.05) is 13.2 Å². The zero-order valence-corrected chi connectivity index (χ0v) is 8.66. The van der Waals surface area contributed by atoms with Gasteiger partial charge in [0.05, 0.1) is 17.5 Å². The number of aromatic nitrogens is 4. The van der Waals surface area contributed by atoms with Crippen LogP contribution in [-0.4, -0.2) is 37.5 Å². The van der Waals surface area contributed by atoms with Crippen LogP contribution in [0.5, 0.6) is 0 Å². The Hall–Kier alpha value is -2.08. The summed E-state index contributed by atoms with van der Waals surface area (Å²) in [5.41, 5.74) is 1.48. The molecule has 0 unspecified atom stereocenters. The van der Waals surface area contributed by atoms with Crippen molar-refractivity contribution in [3.05, 3.63) is 30.2 Å². The maximum atomic E-state index is 11.5. The molecule has 82 valence electrons. The molecule has 0 saturated carbocycles. The molecule has 0 atom stereocenters. The maximum absolute atomic E-state index is 11.5. The minimum absolute atomic E-state index is 0.336. The van der Waals surface area contributed by atoms with E-state index in [2.05, 4.69) is 15.3 Å². The fourth-order valence-electron chi connectivity index (χ4n) is 1.48. The van der Waals surface area contributed by atoms with Crippen LogP contribution in [0.3, 0.4) is 0 Å². The van der Waals surface area contributed by atoms with E-state index in [1.54, 1.807) is 25.4 Å². The number of hydrogen-bond acceptors (Lipinski definition) is 5. The minimum Gasteiger partial charge on any atom is -0.388 e. The Morgan fingerprint density at radius 3 is 3.00 bits per heavy atom. The summed E-state index contributed by atoms with van der Waals surface area (Å²) in [6, 6.07) is 3.46. The number of aliphatic hydroxyl groups excluding tert-OH is 1. The van der Waals surface area contributed by atoms with Crippen LogP contribution in [0.25, 0.3) is 11.3 Å². The van der Waals surface area contributed by atoms with E-state index in [9.17, 15) is 4.79 Å². The lowest BCUT2D eigenvalue weighted by Gasteiger charge is -2.01. The number of carbonyl (C=O) groups is 1. The predicted molar refractivity (Wildman–Crippen MR) is 55.7 cm³/mol. The summed E-state index contributed by atoms with van der Waals surface area (Å²) in [7, 11) is 1.64. The van der Waals surface area contributed by atoms with Crippen LogP contribution < -0.4 is 0 Å². The van der Waals surface area contributed by atoms with E-state index in [-0.39, 0.29) is 5.78 Å². The van der Waals surface area contributed by atoms with E-state index in [0.717, 1.165) is 0 Å². The number of rotatable bonds is 3. The number of nitrogens with zero attached hydrogens (tertiary/aromatic N) is 4. The number of hydrogen-bond donors (Lipinski definition) is 1. The average molecular weight is 218 g/mol. The number of aliphatic hydroxyl groups is 1. The highest BCUT2D eigenvalue weighted by atomic mass is 16.3. The Balaban J connectivity index is 2.55. The molecule has 0 radical (unpaired) electrons. The maximum Gasteiger partial charge on any atom is 0.206 e. The SMILES string of the molecule is Cn1ncc(-c2cccnn2)c1C(=O)CO. The van der Waals surface area contributed by atoms with E-state index < -0.39 is 6.61 Å². The summed E-state index contributed by atoms with van der Waals surface area (Å²) in [5.74, 6) is -0.388. The van der Waals surface area contributed by atoms with E-state index in [1.165, 1.54) is 10.9 Å². The molecule has 0 saturated heterocycles. The standard InChI is InChI=1S/C10H10N4O2/c1-14-10(9(16)6-15)7(5-12-14)8-3-2-4-11-13-8/h2-5,15H,6H2,1H3. The lowest BCUT2D eigenvalue weighted by molar-refractivity contribution is 0.0895. The third kappa shape index (κ3) is 1.70. The summed E-state index contributed by atoms with van der Waals surface area (Å²) in [5, 5.41) is 20.5. The Kier molecular flexibility index (Phi) is 2.74. The second-order valence-electron chi connectivity index (χ2n) is 3.22. The summed E-state index contributed by atoms with van der Waals surface area (Å²) in [6.07, 6.45) is 3.08. The van der Waals surface area contributed by atoms with Crippen molar-refractivity contribution in [3.8, 4) is 11.3 Å². The van der Waals surface area contributed by atoms with Crippen molar-refractivity contribution in [1.82, 2.24) is 20.0 Å². The van der Waals surface area contributed by atoms with Gasteiger partial charge in [-0.2, -0.15) is 15.3 Å². The Labute approximate surface area is 91.6 Å². The first-order chi connectivity index (χ1) is 7.74. The van der Waals surface area contributed by atoms with E-state index >= 15 is 0 Å². The molecule has 0 aliphatic carbocycles. The smallest absolute Gasteiger partial charge is 0.206 e. The second-order valence-corrected chi connectivity index (χ2v) is 3.22. The largest absolute Gasteiger partial charge is 0.388 e. The highest BCUT2D eigenvalue weighted by Crippen LogP contribution is 2.20. The van der Waals surface area contributed by atoms with Crippen LogP contribution in [0, 0.1) is 0 Å². The molecule has 0 bridgehead atoms. The Morgan fingerprint density at radius 2 is 2.38 bits per heavy atom. The van der Waals surface area contributed by atoms with Gasteiger partial charge < -0.3 is 5.11 Å². The summed E-state index contributed by atoms with van der Waals surface area (Å²) >= 11 is 0. The molecule has 0 spiro atoms. The Morgan fingerprint density at radius 1 is 1.56 bits per heavy atom. The zero-order chi connectivity index (χ0) is 11.5. The van der Waals surface area contributed by atoms with Gasteiger partial charge in [0.25, 0.3) is 0 Å². The third-order valence-electron chi connectivity index (χ3n) is 2.19. The number of ketones is 1. The topological polar surface area (TPSA) is 80.9 Å². The summed E-state index contributed by atoms with van der Waals surface area (Å²) in [6.45, 7) is -0.549. The van der Waals surface area contributed by atoms with Gasteiger partial charge >= 0.3 is 0 Å². The van der Waals surface area contributed by atoms with Gasteiger partial charge in [-0.3, -0.25) is 9.48 Å². The van der Waals surface area contributed by atoms with Crippen molar-refractivity contribution < 1.29 is 9.90 Å². The molecule has 16 heavy (non-hydrogen) atoms. The molecule has 2 heterocycles. The first kappa shape index (κ1) is 10.4. The van der Waals surface area contributed by atoms with Gasteiger partial charge in [-0.15, -0.1) is 0 Å². The third-order valence-corrected chi connectivity index (χ3v) is 2.19. The lowest BCUT2D eigenvalue weighted by Crippen LogP contribution is -2.12. The van der Waals surface area contributed by atoms with Crippen molar-refractivity contribution >= 4 is 5.78 Å². The quantitative estimate of drug-likeness (QED) is 0.736. The van der Waals surface area contributed by atoms with Crippen molar-refractivity contribution in [2.45, 2.75) is 0 Å². The fourth-order valence-corrected chi connectivity index (χ4v) is 1.48. The molecular formula is C10H10N4O2. The normalized spacial score (nSPS) is 10.4. The molecule has 6 nitrogen and oxygen atoms in total. The van der Waals surface area contributed by atoms with Gasteiger partial charge in [-0.1, -0.05) is 0 Å². The average Bonchev–Trinajstić information content (AvgIpc) is 2.71. The van der Waals surface area contributed by atoms with Crippen LogP contribution in [0.4, 0.5) is 0 Å². The predicted octanol–water partition coefficient (Wildman–Crippen LogP) is 0.0521. The Bertz CT molecular complexity index is 507. The number of carbonyl (C=O) groups excluding carboxylic acids is 1.